The predicted molar refractivity (Wildman–Crippen MR) is 82.5 cm³/mol. The molecule has 1 atom stereocenters. The Morgan fingerprint density at radius 2 is 1.33 bits per heavy atom. The van der Waals surface area contributed by atoms with Crippen molar-refractivity contribution in [2.24, 2.45) is 0 Å². The van der Waals surface area contributed by atoms with E-state index in [1.807, 2.05) is 13.8 Å². The average molecular weight is 295 g/mol. The summed E-state index contributed by atoms with van der Waals surface area (Å²) >= 11 is 0. The van der Waals surface area contributed by atoms with Gasteiger partial charge < -0.3 is 9.47 Å². The van der Waals surface area contributed by atoms with E-state index < -0.39 is 28.8 Å². The Kier molecular flexibility index (Phi) is 6.12. The predicted octanol–water partition coefficient (Wildman–Crippen LogP) is 2.49. The fourth-order valence-electron chi connectivity index (χ4n) is 1.87. The van der Waals surface area contributed by atoms with Crippen molar-refractivity contribution in [1.82, 2.24) is 5.32 Å². The minimum absolute atomic E-state index is 0.549. The standard InChI is InChI=1S/C16H25NO4/c1-9-12(18)20-15(6,7)17-14(4,5)16(8,11-3)21-13(19)10-2/h9-11,17H,1-3H2,4-8H3. The van der Waals surface area contributed by atoms with E-state index in [0.29, 0.717) is 0 Å². The lowest BCUT2D eigenvalue weighted by Gasteiger charge is -2.45. The molecular weight excluding hydrogens is 270 g/mol. The molecule has 0 saturated heterocycles. The Morgan fingerprint density at radius 1 is 0.905 bits per heavy atom. The Morgan fingerprint density at radius 3 is 1.71 bits per heavy atom. The van der Waals surface area contributed by atoms with Crippen LogP contribution in [0.5, 0.6) is 0 Å². The number of esters is 2. The molecule has 5 heteroatoms. The van der Waals surface area contributed by atoms with Gasteiger partial charge in [-0.3, -0.25) is 5.32 Å². The molecule has 21 heavy (non-hydrogen) atoms. The topological polar surface area (TPSA) is 64.6 Å². The summed E-state index contributed by atoms with van der Waals surface area (Å²) in [4.78, 5) is 22.9. The Labute approximate surface area is 126 Å². The number of hydrogen-bond acceptors (Lipinski definition) is 5. The first-order valence-corrected chi connectivity index (χ1v) is 6.57. The minimum atomic E-state index is -1.03. The van der Waals surface area contributed by atoms with Crippen LogP contribution < -0.4 is 5.32 Å². The summed E-state index contributed by atoms with van der Waals surface area (Å²) in [6.45, 7) is 19.2. The lowest BCUT2D eigenvalue weighted by atomic mass is 9.83. The summed E-state index contributed by atoms with van der Waals surface area (Å²) in [6.07, 6.45) is 3.69. The number of carbonyl (C=O) groups excluding carboxylic acids is 2. The van der Waals surface area contributed by atoms with E-state index in [0.717, 1.165) is 12.2 Å². The Balaban J connectivity index is 5.27. The number of carbonyl (C=O) groups is 2. The number of hydrogen-bond donors (Lipinski definition) is 1. The lowest BCUT2D eigenvalue weighted by molar-refractivity contribution is -0.166. The second-order valence-electron chi connectivity index (χ2n) is 5.82. The van der Waals surface area contributed by atoms with Crippen LogP contribution in [0.1, 0.15) is 34.6 Å². The van der Waals surface area contributed by atoms with Gasteiger partial charge in [0.2, 0.25) is 0 Å². The molecular formula is C16H25NO4. The van der Waals surface area contributed by atoms with Crippen LogP contribution in [0.3, 0.4) is 0 Å². The van der Waals surface area contributed by atoms with E-state index in [9.17, 15) is 9.59 Å². The zero-order valence-corrected chi connectivity index (χ0v) is 13.5. The van der Waals surface area contributed by atoms with E-state index in [2.05, 4.69) is 25.1 Å². The molecule has 0 fully saturated rings. The van der Waals surface area contributed by atoms with Gasteiger partial charge in [0, 0.05) is 12.2 Å². The maximum absolute atomic E-state index is 11.5. The molecule has 0 aliphatic heterocycles. The van der Waals surface area contributed by atoms with Crippen LogP contribution in [-0.4, -0.2) is 28.8 Å². The van der Waals surface area contributed by atoms with Crippen molar-refractivity contribution in [2.45, 2.75) is 51.5 Å². The summed E-state index contributed by atoms with van der Waals surface area (Å²) in [5.41, 5.74) is -2.78. The van der Waals surface area contributed by atoms with E-state index in [1.54, 1.807) is 20.8 Å². The molecule has 0 heterocycles. The third kappa shape index (κ3) is 5.19. The second-order valence-corrected chi connectivity index (χ2v) is 5.82. The lowest BCUT2D eigenvalue weighted by Crippen LogP contribution is -2.64. The molecule has 0 bridgehead atoms. The molecule has 0 amide bonds. The van der Waals surface area contributed by atoms with Gasteiger partial charge in [0.15, 0.2) is 5.72 Å². The molecule has 0 aliphatic carbocycles. The van der Waals surface area contributed by atoms with Crippen LogP contribution in [0.15, 0.2) is 38.0 Å². The molecule has 0 saturated carbocycles. The van der Waals surface area contributed by atoms with Gasteiger partial charge in [-0.1, -0.05) is 19.7 Å². The van der Waals surface area contributed by atoms with Crippen LogP contribution in [-0.2, 0) is 19.1 Å². The normalized spacial score (nSPS) is 14.5. The van der Waals surface area contributed by atoms with Crippen molar-refractivity contribution in [3.05, 3.63) is 38.0 Å². The van der Waals surface area contributed by atoms with Crippen LogP contribution in [0.25, 0.3) is 0 Å². The summed E-state index contributed by atoms with van der Waals surface area (Å²) in [5, 5.41) is 3.15. The third-order valence-electron chi connectivity index (χ3n) is 3.25. The highest BCUT2D eigenvalue weighted by Gasteiger charge is 2.45. The molecule has 0 aromatic rings. The molecule has 0 aliphatic rings. The van der Waals surface area contributed by atoms with Gasteiger partial charge in [-0.15, -0.1) is 0 Å². The zero-order chi connectivity index (χ0) is 16.9. The summed E-state index contributed by atoms with van der Waals surface area (Å²) in [7, 11) is 0. The van der Waals surface area contributed by atoms with Crippen LogP contribution >= 0.6 is 0 Å². The monoisotopic (exact) mass is 295 g/mol. The van der Waals surface area contributed by atoms with Crippen molar-refractivity contribution in [1.29, 1.82) is 0 Å². The van der Waals surface area contributed by atoms with Crippen LogP contribution in [0, 0.1) is 0 Å². The fraction of sp³-hybridized carbons (Fsp3) is 0.500. The Hall–Kier alpha value is -1.88. The molecule has 0 rings (SSSR count). The first-order valence-electron chi connectivity index (χ1n) is 6.57. The second kappa shape index (κ2) is 6.72. The maximum atomic E-state index is 11.5. The largest absolute Gasteiger partial charge is 0.450 e. The number of nitrogens with one attached hydrogen (secondary N) is 1. The highest BCUT2D eigenvalue weighted by Crippen LogP contribution is 2.30. The molecule has 1 N–H and O–H groups in total. The molecule has 0 aromatic carbocycles. The fourth-order valence-corrected chi connectivity index (χ4v) is 1.87. The summed E-state index contributed by atoms with van der Waals surface area (Å²) in [5.74, 6) is -1.11. The number of ether oxygens (including phenoxy) is 2. The van der Waals surface area contributed by atoms with Crippen LogP contribution in [0.2, 0.25) is 0 Å². The highest BCUT2D eigenvalue weighted by atomic mass is 16.6. The van der Waals surface area contributed by atoms with E-state index in [4.69, 9.17) is 9.47 Å². The molecule has 5 nitrogen and oxygen atoms in total. The van der Waals surface area contributed by atoms with Gasteiger partial charge in [0.25, 0.3) is 0 Å². The molecule has 118 valence electrons. The molecule has 0 spiro atoms. The SMILES string of the molecule is C=CC(=O)OC(C)(C)NC(C)(C)C(C)(C=C)OC(=O)C=C. The van der Waals surface area contributed by atoms with Gasteiger partial charge >= 0.3 is 11.9 Å². The molecule has 1 unspecified atom stereocenters. The molecule has 0 aromatic heterocycles. The minimum Gasteiger partial charge on any atom is -0.450 e. The van der Waals surface area contributed by atoms with Crippen molar-refractivity contribution in [2.75, 3.05) is 0 Å². The van der Waals surface area contributed by atoms with E-state index in [1.165, 1.54) is 6.08 Å². The van der Waals surface area contributed by atoms with Crippen molar-refractivity contribution >= 4 is 11.9 Å². The highest BCUT2D eigenvalue weighted by molar-refractivity contribution is 5.82. The number of rotatable bonds is 8. The van der Waals surface area contributed by atoms with E-state index in [-0.39, 0.29) is 0 Å². The van der Waals surface area contributed by atoms with Gasteiger partial charge in [0.1, 0.15) is 5.60 Å². The smallest absolute Gasteiger partial charge is 0.331 e. The van der Waals surface area contributed by atoms with Crippen molar-refractivity contribution in [3.8, 4) is 0 Å². The quantitative estimate of drug-likeness (QED) is 0.322. The van der Waals surface area contributed by atoms with Crippen molar-refractivity contribution in [3.63, 3.8) is 0 Å². The van der Waals surface area contributed by atoms with Gasteiger partial charge in [-0.25, -0.2) is 9.59 Å². The summed E-state index contributed by atoms with van der Waals surface area (Å²) < 4.78 is 10.6. The van der Waals surface area contributed by atoms with Gasteiger partial charge in [-0.2, -0.15) is 0 Å². The third-order valence-corrected chi connectivity index (χ3v) is 3.25. The first kappa shape index (κ1) is 19.1. The average Bonchev–Trinajstić information content (AvgIpc) is 2.35. The van der Waals surface area contributed by atoms with E-state index >= 15 is 0 Å². The van der Waals surface area contributed by atoms with Crippen molar-refractivity contribution < 1.29 is 19.1 Å². The van der Waals surface area contributed by atoms with Crippen LogP contribution in [0.4, 0.5) is 0 Å². The van der Waals surface area contributed by atoms with Gasteiger partial charge in [0.05, 0.1) is 5.54 Å². The first-order chi connectivity index (χ1) is 9.43. The molecule has 0 radical (unpaired) electrons. The maximum Gasteiger partial charge on any atom is 0.331 e. The Bertz CT molecular complexity index is 451. The van der Waals surface area contributed by atoms with Gasteiger partial charge in [-0.05, 0) is 40.7 Å². The summed E-state index contributed by atoms with van der Waals surface area (Å²) in [6, 6.07) is 0. The zero-order valence-electron chi connectivity index (χ0n) is 13.5.